The predicted octanol–water partition coefficient (Wildman–Crippen LogP) is 3.33. The number of carbonyl (C=O) groups is 2. The van der Waals surface area contributed by atoms with Crippen molar-refractivity contribution in [3.63, 3.8) is 0 Å². The van der Waals surface area contributed by atoms with Gasteiger partial charge in [0.1, 0.15) is 5.69 Å². The van der Waals surface area contributed by atoms with E-state index >= 15 is 0 Å². The lowest BCUT2D eigenvalue weighted by Gasteiger charge is -2.09. The third-order valence-electron chi connectivity index (χ3n) is 4.08. The van der Waals surface area contributed by atoms with E-state index in [9.17, 15) is 19.7 Å². The van der Waals surface area contributed by atoms with Crippen molar-refractivity contribution in [2.45, 2.75) is 13.3 Å². The van der Waals surface area contributed by atoms with Crippen LogP contribution in [0.2, 0.25) is 0 Å². The lowest BCUT2D eigenvalue weighted by Crippen LogP contribution is -2.14. The van der Waals surface area contributed by atoms with Gasteiger partial charge in [0, 0.05) is 22.8 Å². The number of carboxylic acids is 1. The van der Waals surface area contributed by atoms with Gasteiger partial charge < -0.3 is 10.4 Å². The van der Waals surface area contributed by atoms with Crippen molar-refractivity contribution >= 4 is 34.0 Å². The maximum absolute atomic E-state index is 12.6. The van der Waals surface area contributed by atoms with E-state index in [1.165, 1.54) is 12.3 Å². The molecule has 0 aliphatic carbocycles. The normalized spacial score (nSPS) is 10.6. The van der Waals surface area contributed by atoms with Gasteiger partial charge in [-0.15, -0.1) is 0 Å². The number of nitro groups is 1. The molecule has 0 saturated carbocycles. The minimum absolute atomic E-state index is 0.0537. The van der Waals surface area contributed by atoms with E-state index in [2.05, 4.69) is 10.3 Å². The van der Waals surface area contributed by atoms with E-state index in [1.807, 2.05) is 0 Å². The van der Waals surface area contributed by atoms with Crippen LogP contribution in [0, 0.1) is 17.0 Å². The summed E-state index contributed by atoms with van der Waals surface area (Å²) in [5.41, 5.74) is 1.59. The fourth-order valence-corrected chi connectivity index (χ4v) is 2.84. The van der Waals surface area contributed by atoms with Crippen molar-refractivity contribution in [3.8, 4) is 0 Å². The summed E-state index contributed by atoms with van der Waals surface area (Å²) in [6.07, 6.45) is 1.25. The van der Waals surface area contributed by atoms with Crippen LogP contribution in [0.5, 0.6) is 0 Å². The molecule has 0 aliphatic heterocycles. The number of rotatable bonds is 5. The number of nitrogens with zero attached hydrogens (tertiary/aromatic N) is 2. The number of aliphatic carboxylic acids is 1. The molecule has 0 radical (unpaired) electrons. The van der Waals surface area contributed by atoms with Crippen molar-refractivity contribution in [2.75, 3.05) is 5.32 Å². The Bertz CT molecular complexity index is 1060. The zero-order valence-corrected chi connectivity index (χ0v) is 14.3. The Kier molecular flexibility index (Phi) is 4.80. The number of aryl methyl sites for hydroxylation is 1. The van der Waals surface area contributed by atoms with Crippen molar-refractivity contribution in [3.05, 3.63) is 75.6 Å². The van der Waals surface area contributed by atoms with Gasteiger partial charge in [-0.2, -0.15) is 0 Å². The lowest BCUT2D eigenvalue weighted by atomic mass is 10.0. The highest BCUT2D eigenvalue weighted by Gasteiger charge is 2.20. The first-order chi connectivity index (χ1) is 12.9. The van der Waals surface area contributed by atoms with E-state index in [4.69, 9.17) is 5.11 Å². The number of nitrogens with one attached hydrogen (secondary N) is 1. The van der Waals surface area contributed by atoms with Crippen LogP contribution < -0.4 is 5.32 Å². The van der Waals surface area contributed by atoms with E-state index in [-0.39, 0.29) is 17.8 Å². The number of hydrogen-bond acceptors (Lipinski definition) is 5. The molecule has 8 heteroatoms. The van der Waals surface area contributed by atoms with Gasteiger partial charge >= 0.3 is 5.97 Å². The molecule has 136 valence electrons. The second-order valence-corrected chi connectivity index (χ2v) is 5.96. The Balaban J connectivity index is 1.93. The number of nitro benzene ring substituents is 1. The van der Waals surface area contributed by atoms with Crippen molar-refractivity contribution in [2.24, 2.45) is 0 Å². The van der Waals surface area contributed by atoms with E-state index in [0.29, 0.717) is 27.6 Å². The Morgan fingerprint density at radius 2 is 1.81 bits per heavy atom. The highest BCUT2D eigenvalue weighted by Crippen LogP contribution is 2.30. The number of pyridine rings is 1. The van der Waals surface area contributed by atoms with Gasteiger partial charge in [-0.3, -0.25) is 24.7 Å². The Labute approximate surface area is 153 Å². The molecule has 8 nitrogen and oxygen atoms in total. The largest absolute Gasteiger partial charge is 0.481 e. The summed E-state index contributed by atoms with van der Waals surface area (Å²) in [6.45, 7) is 1.64. The molecule has 2 aromatic carbocycles. The summed E-state index contributed by atoms with van der Waals surface area (Å²) in [5.74, 6) is -1.45. The first-order valence-electron chi connectivity index (χ1n) is 8.01. The minimum atomic E-state index is -0.941. The molecule has 0 atom stereocenters. The average Bonchev–Trinajstić information content (AvgIpc) is 2.61. The lowest BCUT2D eigenvalue weighted by molar-refractivity contribution is -0.383. The van der Waals surface area contributed by atoms with Crippen LogP contribution in [0.1, 0.15) is 21.6 Å². The van der Waals surface area contributed by atoms with Crippen LogP contribution in [0.4, 0.5) is 11.4 Å². The Morgan fingerprint density at radius 3 is 2.44 bits per heavy atom. The summed E-state index contributed by atoms with van der Waals surface area (Å²) in [7, 11) is 0. The van der Waals surface area contributed by atoms with Crippen molar-refractivity contribution in [1.82, 2.24) is 4.98 Å². The zero-order chi connectivity index (χ0) is 19.6. The molecule has 1 aromatic heterocycles. The third kappa shape index (κ3) is 3.74. The summed E-state index contributed by atoms with van der Waals surface area (Å²) >= 11 is 0. The van der Waals surface area contributed by atoms with Gasteiger partial charge in [0.05, 0.1) is 16.7 Å². The predicted molar refractivity (Wildman–Crippen MR) is 98.9 cm³/mol. The van der Waals surface area contributed by atoms with Crippen LogP contribution in [-0.4, -0.2) is 26.9 Å². The van der Waals surface area contributed by atoms with Crippen molar-refractivity contribution < 1.29 is 19.6 Å². The highest BCUT2D eigenvalue weighted by atomic mass is 16.6. The monoisotopic (exact) mass is 365 g/mol. The molecule has 0 bridgehead atoms. The first-order valence-corrected chi connectivity index (χ1v) is 8.01. The smallest absolute Gasteiger partial charge is 0.307 e. The molecule has 0 aliphatic rings. The number of anilines is 1. The van der Waals surface area contributed by atoms with Gasteiger partial charge in [-0.1, -0.05) is 24.3 Å². The Morgan fingerprint density at radius 1 is 1.11 bits per heavy atom. The number of carboxylic acid groups (broad SMARTS) is 1. The van der Waals surface area contributed by atoms with Gasteiger partial charge in [-0.25, -0.2) is 0 Å². The van der Waals surface area contributed by atoms with Gasteiger partial charge in [0.2, 0.25) is 0 Å². The number of aromatic nitrogens is 1. The molecule has 0 spiro atoms. The number of benzene rings is 2. The van der Waals surface area contributed by atoms with Crippen LogP contribution in [0.25, 0.3) is 10.8 Å². The molecule has 0 saturated heterocycles. The average molecular weight is 365 g/mol. The third-order valence-corrected chi connectivity index (χ3v) is 4.08. The summed E-state index contributed by atoms with van der Waals surface area (Å²) in [4.78, 5) is 38.3. The second-order valence-electron chi connectivity index (χ2n) is 5.96. The van der Waals surface area contributed by atoms with Gasteiger partial charge in [0.15, 0.2) is 0 Å². The van der Waals surface area contributed by atoms with Gasteiger partial charge in [0.25, 0.3) is 11.6 Å². The van der Waals surface area contributed by atoms with E-state index < -0.39 is 16.8 Å². The van der Waals surface area contributed by atoms with Crippen LogP contribution in [-0.2, 0) is 11.2 Å². The zero-order valence-electron chi connectivity index (χ0n) is 14.3. The van der Waals surface area contributed by atoms with Gasteiger partial charge in [-0.05, 0) is 30.7 Å². The molecule has 0 unspecified atom stereocenters. The first kappa shape index (κ1) is 18.0. The Hall–Kier alpha value is -3.81. The molecule has 3 aromatic rings. The number of fused-ring (bicyclic) bond motifs is 1. The van der Waals surface area contributed by atoms with E-state index in [1.54, 1.807) is 43.3 Å². The fraction of sp³-hybridized carbons (Fsp3) is 0.105. The molecule has 3 rings (SSSR count). The summed E-state index contributed by atoms with van der Waals surface area (Å²) < 4.78 is 0. The number of carbonyl (C=O) groups excluding carboxylic acids is 1. The quantitative estimate of drug-likeness (QED) is 0.528. The topological polar surface area (TPSA) is 122 Å². The maximum atomic E-state index is 12.6. The highest BCUT2D eigenvalue weighted by molar-refractivity contribution is 6.12. The van der Waals surface area contributed by atoms with Crippen molar-refractivity contribution in [1.29, 1.82) is 0 Å². The van der Waals surface area contributed by atoms with Crippen LogP contribution in [0.3, 0.4) is 0 Å². The second kappa shape index (κ2) is 7.20. The summed E-state index contributed by atoms with van der Waals surface area (Å²) in [6, 6.07) is 11.1. The number of amides is 1. The number of hydrogen-bond donors (Lipinski definition) is 2. The summed E-state index contributed by atoms with van der Waals surface area (Å²) in [5, 5.41) is 23.5. The molecule has 0 fully saturated rings. The molecule has 1 amide bonds. The van der Waals surface area contributed by atoms with E-state index in [0.717, 1.165) is 0 Å². The molecule has 1 heterocycles. The fourth-order valence-electron chi connectivity index (χ4n) is 2.84. The maximum Gasteiger partial charge on any atom is 0.307 e. The molecular formula is C19H15N3O5. The standard InChI is InChI=1S/C19H15N3O5/c1-11-2-7-14-15(18(11)22(26)27)8-9-20-17(14)19(25)21-13-5-3-12(4-6-13)10-16(23)24/h2-9H,10H2,1H3,(H,21,25)(H,23,24). The molecule has 2 N–H and O–H groups in total. The minimum Gasteiger partial charge on any atom is -0.481 e. The molecular weight excluding hydrogens is 350 g/mol. The SMILES string of the molecule is Cc1ccc2c(C(=O)Nc3ccc(CC(=O)O)cc3)nccc2c1[N+](=O)[O-]. The molecule has 27 heavy (non-hydrogen) atoms. The van der Waals surface area contributed by atoms with Crippen LogP contribution in [0.15, 0.2) is 48.7 Å². The van der Waals surface area contributed by atoms with Crippen LogP contribution >= 0.6 is 0 Å².